The van der Waals surface area contributed by atoms with Gasteiger partial charge in [0, 0.05) is 7.05 Å². The highest BCUT2D eigenvalue weighted by Crippen LogP contribution is 2.31. The van der Waals surface area contributed by atoms with Gasteiger partial charge in [-0.1, -0.05) is 35.3 Å². The Morgan fingerprint density at radius 1 is 1.11 bits per heavy atom. The van der Waals surface area contributed by atoms with E-state index in [-0.39, 0.29) is 15.7 Å². The molecule has 0 aliphatic heterocycles. The molecule has 0 atom stereocenters. The van der Waals surface area contributed by atoms with Gasteiger partial charge in [0.15, 0.2) is 0 Å². The van der Waals surface area contributed by atoms with Gasteiger partial charge in [-0.15, -0.1) is 0 Å². The summed E-state index contributed by atoms with van der Waals surface area (Å²) in [5, 5.41) is 2.68. The summed E-state index contributed by atoms with van der Waals surface area (Å²) >= 11 is 11.8. The molecule has 27 heavy (non-hydrogen) atoms. The molecule has 0 spiro atoms. The van der Waals surface area contributed by atoms with Crippen molar-refractivity contribution in [3.8, 4) is 0 Å². The van der Waals surface area contributed by atoms with Crippen LogP contribution in [0.25, 0.3) is 0 Å². The summed E-state index contributed by atoms with van der Waals surface area (Å²) in [6.07, 6.45) is -4.69. The second-order valence-corrected chi connectivity index (χ2v) is 8.29. The second kappa shape index (κ2) is 8.05. The highest BCUT2D eigenvalue weighted by molar-refractivity contribution is 7.89. The number of carbonyl (C=O) groups is 1. The first kappa shape index (κ1) is 21.5. The fraction of sp³-hybridized carbons (Fsp3) is 0.188. The minimum Gasteiger partial charge on any atom is -0.322 e. The predicted molar refractivity (Wildman–Crippen MR) is 96.4 cm³/mol. The molecule has 5 nitrogen and oxygen atoms in total. The highest BCUT2D eigenvalue weighted by Gasteiger charge is 2.32. The number of sulfonamides is 1. The summed E-state index contributed by atoms with van der Waals surface area (Å²) in [5.74, 6) is -0.761. The van der Waals surface area contributed by atoms with E-state index in [1.807, 2.05) is 0 Å². The van der Waals surface area contributed by atoms with E-state index in [0.29, 0.717) is 10.4 Å². The van der Waals surface area contributed by atoms with Gasteiger partial charge in [-0.05, 0) is 30.3 Å². The first-order valence-corrected chi connectivity index (χ1v) is 9.50. The standard InChI is InChI=1S/C16H13Cl2F3N2O3S/c1-23(9-14(24)22-15-12(17)6-3-7-13(15)18)27(25,26)11-5-2-4-10(8-11)16(19,20)21/h2-8H,9H2,1H3,(H,22,24). The normalized spacial score (nSPS) is 12.3. The van der Waals surface area contributed by atoms with Gasteiger partial charge in [0.05, 0.1) is 32.7 Å². The summed E-state index contributed by atoms with van der Waals surface area (Å²) in [5.41, 5.74) is -1.00. The van der Waals surface area contributed by atoms with E-state index in [9.17, 15) is 26.4 Å². The van der Waals surface area contributed by atoms with Crippen molar-refractivity contribution in [2.45, 2.75) is 11.1 Å². The Labute approximate surface area is 163 Å². The fourth-order valence-electron chi connectivity index (χ4n) is 2.10. The number of benzene rings is 2. The molecular weight excluding hydrogens is 428 g/mol. The van der Waals surface area contributed by atoms with Crippen LogP contribution in [0, 0.1) is 0 Å². The van der Waals surface area contributed by atoms with Gasteiger partial charge in [-0.3, -0.25) is 4.79 Å². The molecule has 0 heterocycles. The number of anilines is 1. The highest BCUT2D eigenvalue weighted by atomic mass is 35.5. The van der Waals surface area contributed by atoms with Crippen LogP contribution in [0.15, 0.2) is 47.4 Å². The minimum atomic E-state index is -4.69. The molecule has 1 amide bonds. The van der Waals surface area contributed by atoms with Crippen LogP contribution < -0.4 is 5.32 Å². The average Bonchev–Trinajstić information content (AvgIpc) is 2.57. The Balaban J connectivity index is 2.19. The van der Waals surface area contributed by atoms with E-state index in [0.717, 1.165) is 25.2 Å². The van der Waals surface area contributed by atoms with E-state index in [1.54, 1.807) is 6.07 Å². The van der Waals surface area contributed by atoms with Crippen molar-refractivity contribution in [2.75, 3.05) is 18.9 Å². The molecule has 1 N–H and O–H groups in total. The van der Waals surface area contributed by atoms with Gasteiger partial charge in [0.25, 0.3) is 0 Å². The summed E-state index contributed by atoms with van der Waals surface area (Å²) in [6, 6.07) is 7.78. The van der Waals surface area contributed by atoms with E-state index in [4.69, 9.17) is 23.2 Å². The van der Waals surface area contributed by atoms with Crippen molar-refractivity contribution in [3.63, 3.8) is 0 Å². The van der Waals surface area contributed by atoms with Crippen molar-refractivity contribution in [1.29, 1.82) is 0 Å². The molecule has 0 bridgehead atoms. The Hall–Kier alpha value is -1.81. The maximum Gasteiger partial charge on any atom is 0.416 e. The van der Waals surface area contributed by atoms with Crippen LogP contribution in [-0.2, 0) is 21.0 Å². The van der Waals surface area contributed by atoms with E-state index in [1.165, 1.54) is 12.1 Å². The summed E-state index contributed by atoms with van der Waals surface area (Å²) in [6.45, 7) is -0.653. The lowest BCUT2D eigenvalue weighted by molar-refractivity contribution is -0.137. The lowest BCUT2D eigenvalue weighted by Gasteiger charge is -2.18. The molecule has 0 saturated heterocycles. The molecule has 146 valence electrons. The molecule has 2 rings (SSSR count). The largest absolute Gasteiger partial charge is 0.416 e. The Bertz CT molecular complexity index is 945. The molecule has 2 aromatic carbocycles. The predicted octanol–water partition coefficient (Wildman–Crippen LogP) is 4.27. The molecule has 2 aromatic rings. The second-order valence-electron chi connectivity index (χ2n) is 5.43. The topological polar surface area (TPSA) is 66.5 Å². The number of nitrogens with one attached hydrogen (secondary N) is 1. The van der Waals surface area contributed by atoms with Crippen LogP contribution in [0.5, 0.6) is 0 Å². The molecule has 0 unspecified atom stereocenters. The van der Waals surface area contributed by atoms with E-state index in [2.05, 4.69) is 5.32 Å². The Kier molecular flexibility index (Phi) is 6.41. The lowest BCUT2D eigenvalue weighted by atomic mass is 10.2. The first-order valence-electron chi connectivity index (χ1n) is 7.30. The smallest absolute Gasteiger partial charge is 0.322 e. The Morgan fingerprint density at radius 3 is 2.22 bits per heavy atom. The molecule has 0 aromatic heterocycles. The third-order valence-electron chi connectivity index (χ3n) is 3.46. The third-order valence-corrected chi connectivity index (χ3v) is 5.89. The number of nitrogens with zero attached hydrogens (tertiary/aromatic N) is 1. The monoisotopic (exact) mass is 440 g/mol. The van der Waals surface area contributed by atoms with Crippen molar-refractivity contribution in [3.05, 3.63) is 58.1 Å². The van der Waals surface area contributed by atoms with Gasteiger partial charge < -0.3 is 5.32 Å². The lowest BCUT2D eigenvalue weighted by Crippen LogP contribution is -2.35. The molecule has 11 heteroatoms. The number of carbonyl (C=O) groups excluding carboxylic acids is 1. The van der Waals surface area contributed by atoms with Crippen LogP contribution >= 0.6 is 23.2 Å². The van der Waals surface area contributed by atoms with Crippen LogP contribution in [-0.4, -0.2) is 32.2 Å². The number of amides is 1. The van der Waals surface area contributed by atoms with Crippen LogP contribution in [0.4, 0.5) is 18.9 Å². The Morgan fingerprint density at radius 2 is 1.67 bits per heavy atom. The number of likely N-dealkylation sites (N-methyl/N-ethyl adjacent to an activating group) is 1. The van der Waals surface area contributed by atoms with Gasteiger partial charge in [-0.25, -0.2) is 8.42 Å². The van der Waals surface area contributed by atoms with Gasteiger partial charge in [-0.2, -0.15) is 17.5 Å². The number of rotatable bonds is 5. The molecule has 0 saturated carbocycles. The van der Waals surface area contributed by atoms with Crippen LogP contribution in [0.3, 0.4) is 0 Å². The van der Waals surface area contributed by atoms with Crippen LogP contribution in [0.2, 0.25) is 10.0 Å². The maximum atomic E-state index is 12.8. The van der Waals surface area contributed by atoms with E-state index >= 15 is 0 Å². The third kappa shape index (κ3) is 5.13. The molecular formula is C16H13Cl2F3N2O3S. The zero-order chi connectivity index (χ0) is 20.4. The molecule has 0 aliphatic rings. The summed E-state index contributed by atoms with van der Waals surface area (Å²) in [7, 11) is -3.25. The zero-order valence-electron chi connectivity index (χ0n) is 13.7. The number of para-hydroxylation sites is 1. The van der Waals surface area contributed by atoms with Gasteiger partial charge in [0.1, 0.15) is 0 Å². The zero-order valence-corrected chi connectivity index (χ0v) is 16.0. The SMILES string of the molecule is CN(CC(=O)Nc1c(Cl)cccc1Cl)S(=O)(=O)c1cccc(C(F)(F)F)c1. The van der Waals surface area contributed by atoms with Crippen molar-refractivity contribution >= 4 is 44.8 Å². The molecule has 0 radical (unpaired) electrons. The fourth-order valence-corrected chi connectivity index (χ4v) is 3.76. The van der Waals surface area contributed by atoms with E-state index < -0.39 is 39.1 Å². The van der Waals surface area contributed by atoms with Crippen molar-refractivity contribution in [2.24, 2.45) is 0 Å². The molecule has 0 fully saturated rings. The number of halogens is 5. The number of hydrogen-bond acceptors (Lipinski definition) is 3. The maximum absolute atomic E-state index is 12.8. The molecule has 0 aliphatic carbocycles. The quantitative estimate of drug-likeness (QED) is 0.754. The van der Waals surface area contributed by atoms with Gasteiger partial charge >= 0.3 is 6.18 Å². The summed E-state index contributed by atoms with van der Waals surface area (Å²) < 4.78 is 63.9. The minimum absolute atomic E-state index is 0.107. The van der Waals surface area contributed by atoms with Crippen molar-refractivity contribution < 1.29 is 26.4 Å². The summed E-state index contributed by atoms with van der Waals surface area (Å²) in [4.78, 5) is 11.5. The average molecular weight is 441 g/mol. The van der Waals surface area contributed by atoms with Crippen molar-refractivity contribution in [1.82, 2.24) is 4.31 Å². The van der Waals surface area contributed by atoms with Gasteiger partial charge in [0.2, 0.25) is 15.9 Å². The van der Waals surface area contributed by atoms with Crippen LogP contribution in [0.1, 0.15) is 5.56 Å². The number of hydrogen-bond donors (Lipinski definition) is 1. The number of alkyl halides is 3. The first-order chi connectivity index (χ1) is 12.4.